The summed E-state index contributed by atoms with van der Waals surface area (Å²) in [7, 11) is 0. The van der Waals surface area contributed by atoms with Crippen LogP contribution >= 0.6 is 0 Å². The van der Waals surface area contributed by atoms with Crippen LogP contribution in [0.25, 0.3) is 22.3 Å². The van der Waals surface area contributed by atoms with Crippen LogP contribution in [0.4, 0.5) is 0 Å². The van der Waals surface area contributed by atoms with Crippen molar-refractivity contribution >= 4 is 4.21 Å². The molecule has 0 unspecified atom stereocenters. The van der Waals surface area contributed by atoms with Crippen molar-refractivity contribution in [3.05, 3.63) is 134 Å². The van der Waals surface area contributed by atoms with Crippen molar-refractivity contribution < 1.29 is 24.2 Å². The summed E-state index contributed by atoms with van der Waals surface area (Å²) in [6.07, 6.45) is 2.10. The zero-order valence-electron chi connectivity index (χ0n) is 17.7. The third kappa shape index (κ3) is 4.68. The predicted octanol–water partition coefficient (Wildman–Crippen LogP) is 6.98. The van der Waals surface area contributed by atoms with E-state index in [-0.39, 0.29) is 14.9 Å². The number of fused-ring (bicyclic) bond motifs is 6. The van der Waals surface area contributed by atoms with Gasteiger partial charge in [-0.1, -0.05) is 70.8 Å². The maximum atomic E-state index is 3.34. The Bertz CT molecular complexity index is 934. The van der Waals surface area contributed by atoms with E-state index >= 15 is 0 Å². The largest absolute Gasteiger partial charge is 0.358 e. The number of rotatable bonds is 0. The van der Waals surface area contributed by atoms with E-state index in [1.54, 1.807) is 0 Å². The molecule has 30 heavy (non-hydrogen) atoms. The van der Waals surface area contributed by atoms with E-state index in [1.807, 2.05) is 12.1 Å². The quantitative estimate of drug-likeness (QED) is 0.212. The van der Waals surface area contributed by atoms with Crippen LogP contribution in [0.5, 0.6) is 0 Å². The summed E-state index contributed by atoms with van der Waals surface area (Å²) in [6, 6.07) is 36.2. The fraction of sp³-hybridized carbons (Fsp3) is 0.0690. The first-order chi connectivity index (χ1) is 13.9. The van der Waals surface area contributed by atoms with Crippen molar-refractivity contribution in [3.63, 3.8) is 0 Å². The van der Waals surface area contributed by atoms with Crippen LogP contribution in [0.3, 0.4) is 0 Å². The first-order valence-electron chi connectivity index (χ1n) is 9.41. The van der Waals surface area contributed by atoms with Crippen LogP contribution < -0.4 is 0 Å². The first-order valence-corrected chi connectivity index (χ1v) is 11.1. The minimum atomic E-state index is 0. The Labute approximate surface area is 197 Å². The summed E-state index contributed by atoms with van der Waals surface area (Å²) in [6.45, 7) is 0. The van der Waals surface area contributed by atoms with Gasteiger partial charge in [-0.05, 0) is 12.8 Å². The predicted molar refractivity (Wildman–Crippen MR) is 127 cm³/mol. The van der Waals surface area contributed by atoms with Gasteiger partial charge in [0.1, 0.15) is 0 Å². The summed E-state index contributed by atoms with van der Waals surface area (Å²) in [4.78, 5) is 0. The fourth-order valence-electron chi connectivity index (χ4n) is 4.00. The van der Waals surface area contributed by atoms with E-state index in [0.29, 0.717) is 0 Å². The van der Waals surface area contributed by atoms with E-state index in [4.69, 9.17) is 0 Å². The number of benzene rings is 4. The normalized spacial score (nSPS) is 10.8. The molecule has 0 nitrogen and oxygen atoms in total. The summed E-state index contributed by atoms with van der Waals surface area (Å²) >= 11 is 1.30. The van der Waals surface area contributed by atoms with Gasteiger partial charge < -0.3 is 14.9 Å². The molecule has 0 spiro atoms. The molecule has 2 aliphatic carbocycles. The van der Waals surface area contributed by atoms with Crippen molar-refractivity contribution in [2.75, 3.05) is 0 Å². The third-order valence-corrected chi connectivity index (χ3v) is 5.23. The second kappa shape index (κ2) is 11.1. The molecule has 0 amide bonds. The van der Waals surface area contributed by atoms with Crippen LogP contribution in [-0.4, -0.2) is 4.21 Å². The number of hydrogen-bond donors (Lipinski definition) is 0. The van der Waals surface area contributed by atoms with Gasteiger partial charge >= 0.3 is 28.4 Å². The molecular weight excluding hydrogens is 440 g/mol. The van der Waals surface area contributed by atoms with Crippen LogP contribution in [0, 0.1) is 27.0 Å². The van der Waals surface area contributed by atoms with Gasteiger partial charge in [0, 0.05) is 0 Å². The van der Waals surface area contributed by atoms with Crippen molar-refractivity contribution in [1.29, 1.82) is 0 Å². The molecule has 2 aliphatic rings. The van der Waals surface area contributed by atoms with Gasteiger partial charge in [0.2, 0.25) is 0 Å². The van der Waals surface area contributed by atoms with Crippen LogP contribution in [0.2, 0.25) is 0 Å². The molecule has 150 valence electrons. The second-order valence-corrected chi connectivity index (χ2v) is 6.79. The fourth-order valence-corrected chi connectivity index (χ4v) is 4.00. The second-order valence-electron chi connectivity index (χ2n) is 6.79. The molecule has 6 rings (SSSR count). The van der Waals surface area contributed by atoms with E-state index in [0.717, 1.165) is 12.8 Å². The molecule has 0 atom stereocenters. The van der Waals surface area contributed by atoms with E-state index in [9.17, 15) is 0 Å². The average Bonchev–Trinajstić information content (AvgIpc) is 3.34. The van der Waals surface area contributed by atoms with E-state index in [2.05, 4.69) is 89.1 Å². The monoisotopic (exact) mass is 464 g/mol. The molecule has 0 saturated heterocycles. The Kier molecular flexibility index (Phi) is 8.88. The van der Waals surface area contributed by atoms with Gasteiger partial charge in [-0.25, -0.2) is 0 Å². The topological polar surface area (TPSA) is 0 Å². The molecule has 0 heterocycles. The molecule has 4 aromatic rings. The maximum Gasteiger partial charge on any atom is -0.0253 e. The molecule has 0 aliphatic heterocycles. The zero-order valence-corrected chi connectivity index (χ0v) is 20.2. The molecule has 4 aromatic carbocycles. The minimum Gasteiger partial charge on any atom is -0.358 e. The van der Waals surface area contributed by atoms with E-state index < -0.39 is 0 Å². The summed E-state index contributed by atoms with van der Waals surface area (Å²) in [5.74, 6) is 0. The van der Waals surface area contributed by atoms with Crippen molar-refractivity contribution in [2.24, 2.45) is 0 Å². The Hall–Kier alpha value is -2.37. The van der Waals surface area contributed by atoms with Gasteiger partial charge in [-0.2, -0.15) is 59.7 Å². The Balaban J connectivity index is 0.000000186. The molecule has 0 fully saturated rings. The van der Waals surface area contributed by atoms with Crippen molar-refractivity contribution in [3.8, 4) is 22.3 Å². The Morgan fingerprint density at radius 1 is 0.533 bits per heavy atom. The molecule has 0 saturated carbocycles. The molecule has 0 aromatic heterocycles. The van der Waals surface area contributed by atoms with Gasteiger partial charge in [0.15, 0.2) is 0 Å². The van der Waals surface area contributed by atoms with Crippen molar-refractivity contribution in [2.45, 2.75) is 12.8 Å². The van der Waals surface area contributed by atoms with Gasteiger partial charge in [0.05, 0.1) is 0 Å². The summed E-state index contributed by atoms with van der Waals surface area (Å²) < 4.78 is 3.34. The van der Waals surface area contributed by atoms with Crippen LogP contribution in [0.15, 0.2) is 84.9 Å². The Morgan fingerprint density at radius 3 is 1.33 bits per heavy atom. The van der Waals surface area contributed by atoms with Gasteiger partial charge in [0.25, 0.3) is 0 Å². The zero-order chi connectivity index (χ0) is 19.3. The molecule has 0 radical (unpaired) electrons. The van der Waals surface area contributed by atoms with Crippen LogP contribution in [0.1, 0.15) is 22.3 Å². The maximum absolute atomic E-state index is 3.34. The summed E-state index contributed by atoms with van der Waals surface area (Å²) in [5, 5.41) is 0. The smallest absolute Gasteiger partial charge is 0.0253 e. The van der Waals surface area contributed by atoms with Crippen LogP contribution in [-0.2, 0) is 37.1 Å². The standard InChI is InChI=1S/2C13H9.2CH3.CH2.Zr/c2*1-3-7-12-10(5-1)9-11-6-2-4-8-13(11)12;;;;/h2*1-5,7-8H,9H2;2*1H3;1H2;/q4*-1;;. The van der Waals surface area contributed by atoms with Gasteiger partial charge in [-0.3, -0.25) is 0 Å². The third-order valence-electron chi connectivity index (χ3n) is 5.23. The van der Waals surface area contributed by atoms with Crippen molar-refractivity contribution in [1.82, 2.24) is 0 Å². The molecule has 0 N–H and O–H groups in total. The molecular formula is C29H26Zr-4. The molecule has 1 heteroatoms. The molecule has 0 bridgehead atoms. The summed E-state index contributed by atoms with van der Waals surface area (Å²) in [5.41, 5.74) is 11.0. The first kappa shape index (κ1) is 23.9. The minimum absolute atomic E-state index is 0. The van der Waals surface area contributed by atoms with E-state index in [1.165, 1.54) is 68.7 Å². The van der Waals surface area contributed by atoms with Gasteiger partial charge in [-0.15, -0.1) is 11.1 Å². The Morgan fingerprint density at radius 2 is 0.900 bits per heavy atom. The SMILES string of the molecule is [CH2]=[Zr].[CH3-].[CH3-].[c-]1cccc2c1Cc1ccccc1-2.[c-]1cccc2c1Cc1ccccc1-2. The average molecular weight is 466 g/mol. The number of hydrogen-bond acceptors (Lipinski definition) is 0.